The molecule has 1 atom stereocenters. The molecule has 0 spiro atoms. The molecule has 0 aromatic carbocycles. The molecule has 0 bridgehead atoms. The van der Waals surface area contributed by atoms with Crippen LogP contribution in [0.2, 0.25) is 0 Å². The largest absolute Gasteiger partial charge is 0.467 e. The zero-order valence-corrected chi connectivity index (χ0v) is 15.5. The van der Waals surface area contributed by atoms with Crippen LogP contribution in [0.25, 0.3) is 11.2 Å². The second-order valence-corrected chi connectivity index (χ2v) is 7.19. The summed E-state index contributed by atoms with van der Waals surface area (Å²) in [4.78, 5) is 43.7. The van der Waals surface area contributed by atoms with E-state index < -0.39 is 11.2 Å². The monoisotopic (exact) mass is 371 g/mol. The Bertz CT molecular complexity index is 1140. The molecule has 3 aromatic heterocycles. The molecular weight excluding hydrogens is 350 g/mol. The fourth-order valence-electron chi connectivity index (χ4n) is 3.69. The van der Waals surface area contributed by atoms with Gasteiger partial charge >= 0.3 is 5.69 Å². The Labute approximate surface area is 154 Å². The Morgan fingerprint density at radius 1 is 1.33 bits per heavy atom. The summed E-state index contributed by atoms with van der Waals surface area (Å²) in [6.45, 7) is 5.12. The van der Waals surface area contributed by atoms with Crippen molar-refractivity contribution in [1.82, 2.24) is 18.7 Å². The van der Waals surface area contributed by atoms with Gasteiger partial charge in [0, 0.05) is 20.1 Å². The number of furan rings is 1. The molecule has 27 heavy (non-hydrogen) atoms. The fourth-order valence-corrected chi connectivity index (χ4v) is 3.69. The lowest BCUT2D eigenvalue weighted by atomic mass is 10.1. The molecule has 1 aliphatic rings. The number of aryl methyl sites for hydroxylation is 1. The van der Waals surface area contributed by atoms with Crippen LogP contribution in [-0.2, 0) is 31.5 Å². The first-order chi connectivity index (χ1) is 12.9. The average Bonchev–Trinajstić information content (AvgIpc) is 3.24. The third-order valence-corrected chi connectivity index (χ3v) is 4.83. The fraction of sp³-hybridized carbons (Fsp3) is 0.444. The summed E-state index contributed by atoms with van der Waals surface area (Å²) in [5.74, 6) is 1.46. The topological polar surface area (TPSA) is 95.3 Å². The van der Waals surface area contributed by atoms with E-state index in [1.54, 1.807) is 13.3 Å². The summed E-state index contributed by atoms with van der Waals surface area (Å²) in [6, 6.07) is 3.72. The maximum absolute atomic E-state index is 13.0. The van der Waals surface area contributed by atoms with E-state index in [0.29, 0.717) is 30.2 Å². The molecule has 0 saturated heterocycles. The second-order valence-electron chi connectivity index (χ2n) is 7.19. The van der Waals surface area contributed by atoms with Crippen molar-refractivity contribution in [3.63, 3.8) is 0 Å². The first kappa shape index (κ1) is 17.3. The van der Waals surface area contributed by atoms with Crippen molar-refractivity contribution >= 4 is 22.9 Å². The summed E-state index contributed by atoms with van der Waals surface area (Å²) in [5, 5.41) is 0. The molecule has 9 nitrogen and oxygen atoms in total. The number of carbonyl (C=O) groups is 1. The van der Waals surface area contributed by atoms with Crippen LogP contribution in [-0.4, -0.2) is 31.0 Å². The zero-order valence-electron chi connectivity index (χ0n) is 15.5. The highest BCUT2D eigenvalue weighted by Crippen LogP contribution is 2.28. The minimum Gasteiger partial charge on any atom is -0.467 e. The lowest BCUT2D eigenvalue weighted by Gasteiger charge is -2.32. The van der Waals surface area contributed by atoms with Crippen molar-refractivity contribution in [2.75, 3.05) is 11.4 Å². The summed E-state index contributed by atoms with van der Waals surface area (Å²) >= 11 is 0. The molecule has 0 radical (unpaired) electrons. The highest BCUT2D eigenvalue weighted by Gasteiger charge is 2.29. The van der Waals surface area contributed by atoms with Crippen LogP contribution in [0.15, 0.2) is 32.4 Å². The number of anilines is 1. The average molecular weight is 371 g/mol. The van der Waals surface area contributed by atoms with E-state index in [1.165, 1.54) is 11.5 Å². The SMILES string of the molecule is CC(=O)Cn1c(=O)c2c(nc3n2CC(C)CN3Cc2ccco2)n(C)c1=O. The molecule has 4 rings (SSSR count). The van der Waals surface area contributed by atoms with Crippen LogP contribution in [0.5, 0.6) is 0 Å². The van der Waals surface area contributed by atoms with Gasteiger partial charge in [0.1, 0.15) is 11.5 Å². The number of fused-ring (bicyclic) bond motifs is 3. The molecule has 1 aliphatic heterocycles. The number of imidazole rings is 1. The third-order valence-electron chi connectivity index (χ3n) is 4.83. The van der Waals surface area contributed by atoms with Gasteiger partial charge in [0.15, 0.2) is 11.2 Å². The van der Waals surface area contributed by atoms with E-state index in [9.17, 15) is 14.4 Å². The summed E-state index contributed by atoms with van der Waals surface area (Å²) < 4.78 is 9.62. The van der Waals surface area contributed by atoms with Gasteiger partial charge < -0.3 is 13.9 Å². The molecule has 3 aromatic rings. The van der Waals surface area contributed by atoms with Gasteiger partial charge in [-0.1, -0.05) is 6.92 Å². The van der Waals surface area contributed by atoms with Gasteiger partial charge in [0.25, 0.3) is 5.56 Å². The summed E-state index contributed by atoms with van der Waals surface area (Å²) in [7, 11) is 1.57. The number of hydrogen-bond acceptors (Lipinski definition) is 6. The second kappa shape index (κ2) is 6.26. The highest BCUT2D eigenvalue weighted by molar-refractivity contribution is 5.77. The lowest BCUT2D eigenvalue weighted by Crippen LogP contribution is -2.42. The van der Waals surface area contributed by atoms with Gasteiger partial charge in [-0.15, -0.1) is 0 Å². The van der Waals surface area contributed by atoms with E-state index >= 15 is 0 Å². The van der Waals surface area contributed by atoms with E-state index in [0.717, 1.165) is 16.9 Å². The number of hydrogen-bond donors (Lipinski definition) is 0. The number of Topliss-reactive ketones (excluding diaryl/α,β-unsaturated/α-hetero) is 1. The zero-order chi connectivity index (χ0) is 19.3. The Morgan fingerprint density at radius 3 is 2.78 bits per heavy atom. The van der Waals surface area contributed by atoms with E-state index in [4.69, 9.17) is 4.42 Å². The van der Waals surface area contributed by atoms with Gasteiger partial charge in [-0.2, -0.15) is 4.98 Å². The number of rotatable bonds is 4. The third kappa shape index (κ3) is 2.79. The highest BCUT2D eigenvalue weighted by atomic mass is 16.3. The molecule has 0 amide bonds. The normalized spacial score (nSPS) is 16.7. The van der Waals surface area contributed by atoms with E-state index in [2.05, 4.69) is 11.9 Å². The van der Waals surface area contributed by atoms with Gasteiger partial charge in [0.2, 0.25) is 5.95 Å². The molecule has 0 saturated carbocycles. The number of carbonyl (C=O) groups excluding carboxylic acids is 1. The Morgan fingerprint density at radius 2 is 2.11 bits per heavy atom. The van der Waals surface area contributed by atoms with Crippen LogP contribution in [0.4, 0.5) is 5.95 Å². The summed E-state index contributed by atoms with van der Waals surface area (Å²) in [5.41, 5.74) is -0.333. The number of aromatic nitrogens is 4. The van der Waals surface area contributed by atoms with Gasteiger partial charge in [-0.3, -0.25) is 18.7 Å². The molecule has 0 fully saturated rings. The van der Waals surface area contributed by atoms with E-state index in [-0.39, 0.29) is 18.2 Å². The van der Waals surface area contributed by atoms with Crippen molar-refractivity contribution in [3.05, 3.63) is 45.0 Å². The standard InChI is InChI=1S/C18H21N5O4/c1-11-7-21(10-13-5-4-6-27-13)17-19-15-14(22(17)8-11)16(25)23(9-12(2)24)18(26)20(15)3/h4-6,11H,7-10H2,1-3H3. The maximum Gasteiger partial charge on any atom is 0.332 e. The Balaban J connectivity index is 1.94. The predicted molar refractivity (Wildman–Crippen MR) is 98.8 cm³/mol. The first-order valence-corrected chi connectivity index (χ1v) is 8.83. The first-order valence-electron chi connectivity index (χ1n) is 8.83. The summed E-state index contributed by atoms with van der Waals surface area (Å²) in [6.07, 6.45) is 1.62. The van der Waals surface area contributed by atoms with Crippen molar-refractivity contribution in [1.29, 1.82) is 0 Å². The minimum atomic E-state index is -0.538. The van der Waals surface area contributed by atoms with Crippen molar-refractivity contribution < 1.29 is 9.21 Å². The van der Waals surface area contributed by atoms with Crippen LogP contribution < -0.4 is 16.1 Å². The molecule has 9 heteroatoms. The van der Waals surface area contributed by atoms with Crippen molar-refractivity contribution in [2.24, 2.45) is 13.0 Å². The smallest absolute Gasteiger partial charge is 0.332 e. The Kier molecular flexibility index (Phi) is 4.01. The van der Waals surface area contributed by atoms with E-state index in [1.807, 2.05) is 21.6 Å². The minimum absolute atomic E-state index is 0.242. The van der Waals surface area contributed by atoms with Gasteiger partial charge in [-0.25, -0.2) is 4.79 Å². The van der Waals surface area contributed by atoms with Crippen LogP contribution in [0.1, 0.15) is 19.6 Å². The quantitative estimate of drug-likeness (QED) is 0.671. The van der Waals surface area contributed by atoms with Crippen LogP contribution in [0.3, 0.4) is 0 Å². The molecule has 1 unspecified atom stereocenters. The molecule has 0 aliphatic carbocycles. The lowest BCUT2D eigenvalue weighted by molar-refractivity contribution is -0.117. The molecule has 4 heterocycles. The van der Waals surface area contributed by atoms with Gasteiger partial charge in [-0.05, 0) is 25.0 Å². The number of nitrogens with zero attached hydrogens (tertiary/aromatic N) is 5. The predicted octanol–water partition coefficient (Wildman–Crippen LogP) is 0.735. The molecular formula is C18H21N5O4. The van der Waals surface area contributed by atoms with Gasteiger partial charge in [0.05, 0.1) is 19.4 Å². The molecule has 142 valence electrons. The number of ketones is 1. The Hall–Kier alpha value is -3.10. The van der Waals surface area contributed by atoms with Crippen LogP contribution >= 0.6 is 0 Å². The van der Waals surface area contributed by atoms with Crippen molar-refractivity contribution in [3.8, 4) is 0 Å². The molecule has 0 N–H and O–H groups in total. The van der Waals surface area contributed by atoms with Crippen molar-refractivity contribution in [2.45, 2.75) is 33.5 Å². The van der Waals surface area contributed by atoms with Crippen LogP contribution in [0, 0.1) is 5.92 Å². The maximum atomic E-state index is 13.0.